The number of hydrogen-bond acceptors (Lipinski definition) is 4. The van der Waals surface area contributed by atoms with E-state index < -0.39 is 0 Å². The molecular weight excluding hydrogens is 228 g/mol. The normalized spacial score (nSPS) is 16.6. The molecule has 2 N–H and O–H groups in total. The largest absolute Gasteiger partial charge is 0.396 e. The fourth-order valence-electron chi connectivity index (χ4n) is 2.52. The first-order valence-electron chi connectivity index (χ1n) is 7.07. The molecule has 0 saturated heterocycles. The highest BCUT2D eigenvalue weighted by Gasteiger charge is 2.15. The monoisotopic (exact) mass is 252 g/mol. The molecule has 0 aromatic carbocycles. The third-order valence-corrected chi connectivity index (χ3v) is 3.77. The zero-order valence-electron chi connectivity index (χ0n) is 11.2. The lowest BCUT2D eigenvalue weighted by molar-refractivity contribution is 0.251. The summed E-state index contributed by atoms with van der Waals surface area (Å²) in [4.78, 5) is 0. The van der Waals surface area contributed by atoms with Gasteiger partial charge in [0, 0.05) is 19.6 Å². The van der Waals surface area contributed by atoms with E-state index in [9.17, 15) is 0 Å². The summed E-state index contributed by atoms with van der Waals surface area (Å²) in [6.07, 6.45) is 5.52. The Morgan fingerprint density at radius 1 is 1.39 bits per heavy atom. The number of aromatic nitrogens is 3. The summed E-state index contributed by atoms with van der Waals surface area (Å²) in [5.74, 6) is 2.75. The third kappa shape index (κ3) is 3.29. The third-order valence-electron chi connectivity index (χ3n) is 3.77. The maximum absolute atomic E-state index is 8.95. The molecule has 5 heteroatoms. The van der Waals surface area contributed by atoms with Gasteiger partial charge in [0.05, 0.1) is 6.54 Å². The highest BCUT2D eigenvalue weighted by atomic mass is 16.3. The second-order valence-electron chi connectivity index (χ2n) is 5.06. The van der Waals surface area contributed by atoms with Crippen LogP contribution in [-0.4, -0.2) is 33.0 Å². The number of aryl methyl sites for hydroxylation is 1. The van der Waals surface area contributed by atoms with Crippen molar-refractivity contribution < 1.29 is 5.11 Å². The zero-order chi connectivity index (χ0) is 12.8. The van der Waals surface area contributed by atoms with E-state index in [1.54, 1.807) is 0 Å². The molecule has 0 radical (unpaired) electrons. The Bertz CT molecular complexity index is 364. The number of fused-ring (bicyclic) bond motifs is 1. The van der Waals surface area contributed by atoms with Crippen molar-refractivity contribution in [1.29, 1.82) is 0 Å². The molecule has 1 atom stereocenters. The fraction of sp³-hybridized carbons (Fsp3) is 0.846. The van der Waals surface area contributed by atoms with Gasteiger partial charge < -0.3 is 15.0 Å². The van der Waals surface area contributed by atoms with Gasteiger partial charge in [0.15, 0.2) is 0 Å². The van der Waals surface area contributed by atoms with E-state index in [1.807, 2.05) is 0 Å². The molecule has 0 amide bonds. The van der Waals surface area contributed by atoms with Gasteiger partial charge in [-0.05, 0) is 31.7 Å². The second kappa shape index (κ2) is 6.85. The molecule has 0 spiro atoms. The van der Waals surface area contributed by atoms with Gasteiger partial charge in [0.1, 0.15) is 11.6 Å². The van der Waals surface area contributed by atoms with Crippen LogP contribution < -0.4 is 5.32 Å². The quantitative estimate of drug-likeness (QED) is 0.763. The van der Waals surface area contributed by atoms with E-state index in [1.165, 1.54) is 12.8 Å². The molecule has 1 aromatic heterocycles. The van der Waals surface area contributed by atoms with E-state index in [0.29, 0.717) is 5.92 Å². The number of nitrogens with one attached hydrogen (secondary N) is 1. The van der Waals surface area contributed by atoms with Crippen molar-refractivity contribution in [3.63, 3.8) is 0 Å². The summed E-state index contributed by atoms with van der Waals surface area (Å²) < 4.78 is 2.25. The molecule has 0 aliphatic carbocycles. The van der Waals surface area contributed by atoms with E-state index in [0.717, 1.165) is 50.5 Å². The lowest BCUT2D eigenvalue weighted by atomic mass is 10.0. The predicted molar refractivity (Wildman–Crippen MR) is 70.2 cm³/mol. The smallest absolute Gasteiger partial charge is 0.147 e. The van der Waals surface area contributed by atoms with E-state index in [2.05, 4.69) is 27.0 Å². The summed E-state index contributed by atoms with van der Waals surface area (Å²) in [5, 5.41) is 20.9. The molecule has 1 aliphatic rings. The number of rotatable bonds is 7. The number of aliphatic hydroxyl groups excluding tert-OH is 1. The summed E-state index contributed by atoms with van der Waals surface area (Å²) in [6.45, 7) is 5.24. The van der Waals surface area contributed by atoms with Crippen LogP contribution in [0.15, 0.2) is 0 Å². The molecule has 1 unspecified atom stereocenters. The van der Waals surface area contributed by atoms with Crippen LogP contribution in [-0.2, 0) is 19.5 Å². The molecular formula is C13H24N4O. The van der Waals surface area contributed by atoms with E-state index >= 15 is 0 Å². The van der Waals surface area contributed by atoms with Gasteiger partial charge in [0.25, 0.3) is 0 Å². The molecule has 102 valence electrons. The highest BCUT2D eigenvalue weighted by molar-refractivity contribution is 4.98. The van der Waals surface area contributed by atoms with Crippen molar-refractivity contribution in [2.75, 3.05) is 13.2 Å². The SMILES string of the molecule is CCC(CCO)CNCc1nnc2n1CCCC2. The van der Waals surface area contributed by atoms with Crippen LogP contribution in [0.2, 0.25) is 0 Å². The topological polar surface area (TPSA) is 63.0 Å². The second-order valence-corrected chi connectivity index (χ2v) is 5.06. The lowest BCUT2D eigenvalue weighted by Gasteiger charge is -2.16. The molecule has 18 heavy (non-hydrogen) atoms. The predicted octanol–water partition coefficient (Wildman–Crippen LogP) is 1.11. The highest BCUT2D eigenvalue weighted by Crippen LogP contribution is 2.14. The van der Waals surface area contributed by atoms with Crippen molar-refractivity contribution >= 4 is 0 Å². The fourth-order valence-corrected chi connectivity index (χ4v) is 2.52. The van der Waals surface area contributed by atoms with Crippen molar-refractivity contribution in [1.82, 2.24) is 20.1 Å². The minimum atomic E-state index is 0.278. The maximum atomic E-state index is 8.95. The van der Waals surface area contributed by atoms with Gasteiger partial charge in [-0.15, -0.1) is 10.2 Å². The van der Waals surface area contributed by atoms with E-state index in [-0.39, 0.29) is 6.61 Å². The number of aliphatic hydroxyl groups is 1. The standard InChI is InChI=1S/C13H24N4O/c1-2-11(6-8-18)9-14-10-13-16-15-12-5-3-4-7-17(12)13/h11,14,18H,2-10H2,1H3. The van der Waals surface area contributed by atoms with E-state index in [4.69, 9.17) is 5.11 Å². The summed E-state index contributed by atoms with van der Waals surface area (Å²) in [5.41, 5.74) is 0. The Labute approximate surface area is 109 Å². The average molecular weight is 252 g/mol. The van der Waals surface area contributed by atoms with Crippen molar-refractivity contribution in [3.05, 3.63) is 11.6 Å². The summed E-state index contributed by atoms with van der Waals surface area (Å²) in [7, 11) is 0. The van der Waals surface area contributed by atoms with Gasteiger partial charge in [-0.3, -0.25) is 0 Å². The molecule has 2 rings (SSSR count). The van der Waals surface area contributed by atoms with Crippen molar-refractivity contribution in [2.45, 2.75) is 52.1 Å². The van der Waals surface area contributed by atoms with Gasteiger partial charge in [0.2, 0.25) is 0 Å². The van der Waals surface area contributed by atoms with Gasteiger partial charge in [-0.25, -0.2) is 0 Å². The van der Waals surface area contributed by atoms with Crippen molar-refractivity contribution in [3.8, 4) is 0 Å². The molecule has 0 fully saturated rings. The number of nitrogens with zero attached hydrogens (tertiary/aromatic N) is 3. The molecule has 0 saturated carbocycles. The first kappa shape index (κ1) is 13.5. The Balaban J connectivity index is 1.81. The Kier molecular flexibility index (Phi) is 5.13. The molecule has 2 heterocycles. The first-order chi connectivity index (χ1) is 8.85. The molecule has 5 nitrogen and oxygen atoms in total. The molecule has 1 aromatic rings. The van der Waals surface area contributed by atoms with Gasteiger partial charge in [-0.1, -0.05) is 13.3 Å². The van der Waals surface area contributed by atoms with Crippen molar-refractivity contribution in [2.24, 2.45) is 5.92 Å². The van der Waals surface area contributed by atoms with Crippen LogP contribution in [0.1, 0.15) is 44.3 Å². The summed E-state index contributed by atoms with van der Waals surface area (Å²) in [6, 6.07) is 0. The van der Waals surface area contributed by atoms with Crippen LogP contribution in [0.25, 0.3) is 0 Å². The molecule has 0 bridgehead atoms. The lowest BCUT2D eigenvalue weighted by Crippen LogP contribution is -2.25. The Morgan fingerprint density at radius 3 is 3.06 bits per heavy atom. The van der Waals surface area contributed by atoms with Crippen LogP contribution >= 0.6 is 0 Å². The minimum Gasteiger partial charge on any atom is -0.396 e. The molecule has 1 aliphatic heterocycles. The van der Waals surface area contributed by atoms with Crippen LogP contribution in [0.3, 0.4) is 0 Å². The van der Waals surface area contributed by atoms with Crippen LogP contribution in [0.5, 0.6) is 0 Å². The van der Waals surface area contributed by atoms with Gasteiger partial charge >= 0.3 is 0 Å². The van der Waals surface area contributed by atoms with Crippen LogP contribution in [0.4, 0.5) is 0 Å². The van der Waals surface area contributed by atoms with Crippen LogP contribution in [0, 0.1) is 5.92 Å². The zero-order valence-corrected chi connectivity index (χ0v) is 11.2. The Hall–Kier alpha value is -0.940. The summed E-state index contributed by atoms with van der Waals surface area (Å²) >= 11 is 0. The first-order valence-corrected chi connectivity index (χ1v) is 7.07. The minimum absolute atomic E-state index is 0.278. The van der Waals surface area contributed by atoms with Gasteiger partial charge in [-0.2, -0.15) is 0 Å². The maximum Gasteiger partial charge on any atom is 0.147 e. The average Bonchev–Trinajstić information content (AvgIpc) is 2.81. The Morgan fingerprint density at radius 2 is 2.28 bits per heavy atom. The number of hydrogen-bond donors (Lipinski definition) is 2.